The lowest BCUT2D eigenvalue weighted by Crippen LogP contribution is -2.39. The fourth-order valence-corrected chi connectivity index (χ4v) is 3.76. The number of ether oxygens (including phenoxy) is 2. The maximum Gasteiger partial charge on any atom is 0.169 e. The zero-order valence-electron chi connectivity index (χ0n) is 16.0. The number of piperidine rings is 1. The average molecular weight is 378 g/mol. The maximum atomic E-state index is 12.9. The molecule has 7 heteroatoms. The Morgan fingerprint density at radius 1 is 1.18 bits per heavy atom. The van der Waals surface area contributed by atoms with Crippen LogP contribution in [0.2, 0.25) is 0 Å². The van der Waals surface area contributed by atoms with E-state index in [0.29, 0.717) is 23.6 Å². The largest absolute Gasteiger partial charge is 0.493 e. The molecule has 1 aliphatic heterocycles. The summed E-state index contributed by atoms with van der Waals surface area (Å²) >= 11 is 0. The molecule has 3 heterocycles. The van der Waals surface area contributed by atoms with Crippen LogP contribution in [0.5, 0.6) is 11.5 Å². The number of nitrogens with zero attached hydrogens (tertiary/aromatic N) is 4. The van der Waals surface area contributed by atoms with Gasteiger partial charge in [0.1, 0.15) is 0 Å². The number of methoxy groups -OCH3 is 2. The summed E-state index contributed by atoms with van der Waals surface area (Å²) in [7, 11) is 3.22. The Kier molecular flexibility index (Phi) is 5.06. The standard InChI is InChI=1S/C21H22N4O3/c1-27-18-9-16-12-23-24-21(17(16)10-19(18)28-2)25-8-4-6-15(13-25)20(26)14-5-3-7-22-11-14/h3,5,7,9-12,15H,4,6,8,13H2,1-2H3. The van der Waals surface area contributed by atoms with Gasteiger partial charge in [0.05, 0.1) is 20.4 Å². The number of pyridine rings is 1. The molecule has 0 spiro atoms. The molecular weight excluding hydrogens is 356 g/mol. The molecule has 28 heavy (non-hydrogen) atoms. The Bertz CT molecular complexity index is 994. The summed E-state index contributed by atoms with van der Waals surface area (Å²) in [5.74, 6) is 2.10. The van der Waals surface area contributed by atoms with Crippen LogP contribution in [0, 0.1) is 5.92 Å². The van der Waals surface area contributed by atoms with E-state index in [1.54, 1.807) is 38.9 Å². The number of anilines is 1. The molecule has 144 valence electrons. The molecule has 3 aromatic rings. The smallest absolute Gasteiger partial charge is 0.169 e. The topological polar surface area (TPSA) is 77.4 Å². The van der Waals surface area contributed by atoms with Gasteiger partial charge in [0.25, 0.3) is 0 Å². The van der Waals surface area contributed by atoms with Crippen molar-refractivity contribution in [3.05, 3.63) is 48.4 Å². The fourth-order valence-electron chi connectivity index (χ4n) is 3.76. The van der Waals surface area contributed by atoms with Crippen molar-refractivity contribution in [3.8, 4) is 11.5 Å². The summed E-state index contributed by atoms with van der Waals surface area (Å²) in [5, 5.41) is 10.4. The van der Waals surface area contributed by atoms with Crippen LogP contribution in [0.3, 0.4) is 0 Å². The van der Waals surface area contributed by atoms with Gasteiger partial charge in [0.2, 0.25) is 0 Å². The van der Waals surface area contributed by atoms with E-state index in [1.807, 2.05) is 18.2 Å². The molecule has 0 amide bonds. The number of carbonyl (C=O) groups excluding carboxylic acids is 1. The molecule has 0 bridgehead atoms. The lowest BCUT2D eigenvalue weighted by Gasteiger charge is -2.33. The average Bonchev–Trinajstić information content (AvgIpc) is 2.77. The predicted molar refractivity (Wildman–Crippen MR) is 106 cm³/mol. The first-order valence-corrected chi connectivity index (χ1v) is 9.28. The summed E-state index contributed by atoms with van der Waals surface area (Å²) in [6, 6.07) is 7.44. The minimum absolute atomic E-state index is 0.0878. The van der Waals surface area contributed by atoms with Crippen LogP contribution in [-0.2, 0) is 0 Å². The van der Waals surface area contributed by atoms with Crippen LogP contribution in [-0.4, -0.2) is 48.3 Å². The van der Waals surface area contributed by atoms with Crippen LogP contribution in [0.15, 0.2) is 42.9 Å². The van der Waals surface area contributed by atoms with Crippen LogP contribution >= 0.6 is 0 Å². The Labute approximate surface area is 163 Å². The number of aromatic nitrogens is 3. The van der Waals surface area contributed by atoms with Crippen molar-refractivity contribution >= 4 is 22.4 Å². The van der Waals surface area contributed by atoms with E-state index in [0.717, 1.165) is 36.0 Å². The molecule has 1 unspecified atom stereocenters. The van der Waals surface area contributed by atoms with E-state index < -0.39 is 0 Å². The van der Waals surface area contributed by atoms with E-state index in [1.165, 1.54) is 0 Å². The second-order valence-corrected chi connectivity index (χ2v) is 6.85. The molecule has 1 fully saturated rings. The molecule has 0 saturated carbocycles. The van der Waals surface area contributed by atoms with Crippen LogP contribution in [0.1, 0.15) is 23.2 Å². The van der Waals surface area contributed by atoms with Crippen LogP contribution < -0.4 is 14.4 Å². The number of benzene rings is 1. The third-order valence-electron chi connectivity index (χ3n) is 5.18. The van der Waals surface area contributed by atoms with Gasteiger partial charge in [-0.15, -0.1) is 5.10 Å². The minimum Gasteiger partial charge on any atom is -0.493 e. The highest BCUT2D eigenvalue weighted by Crippen LogP contribution is 2.36. The third kappa shape index (κ3) is 3.35. The number of rotatable bonds is 5. The van der Waals surface area contributed by atoms with Gasteiger partial charge in [-0.3, -0.25) is 9.78 Å². The number of hydrogen-bond acceptors (Lipinski definition) is 7. The molecule has 0 aliphatic carbocycles. The highest BCUT2D eigenvalue weighted by atomic mass is 16.5. The quantitative estimate of drug-likeness (QED) is 0.631. The van der Waals surface area contributed by atoms with Crippen LogP contribution in [0.25, 0.3) is 10.8 Å². The summed E-state index contributed by atoms with van der Waals surface area (Å²) in [5.41, 5.74) is 0.657. The Morgan fingerprint density at radius 3 is 2.75 bits per heavy atom. The molecule has 1 saturated heterocycles. The summed E-state index contributed by atoms with van der Waals surface area (Å²) < 4.78 is 10.8. The Hall–Kier alpha value is -3.22. The lowest BCUT2D eigenvalue weighted by molar-refractivity contribution is 0.0906. The van der Waals surface area contributed by atoms with Gasteiger partial charge < -0.3 is 14.4 Å². The minimum atomic E-state index is -0.0878. The lowest BCUT2D eigenvalue weighted by atomic mass is 9.90. The van der Waals surface area contributed by atoms with Gasteiger partial charge in [-0.2, -0.15) is 5.10 Å². The van der Waals surface area contributed by atoms with E-state index >= 15 is 0 Å². The third-order valence-corrected chi connectivity index (χ3v) is 5.18. The van der Waals surface area contributed by atoms with E-state index in [9.17, 15) is 4.79 Å². The molecular formula is C21H22N4O3. The fraction of sp³-hybridized carbons (Fsp3) is 0.333. The summed E-state index contributed by atoms with van der Waals surface area (Å²) in [6.45, 7) is 1.44. The van der Waals surface area contributed by atoms with E-state index in [-0.39, 0.29) is 11.7 Å². The van der Waals surface area contributed by atoms with Crippen molar-refractivity contribution in [1.29, 1.82) is 0 Å². The van der Waals surface area contributed by atoms with Crippen molar-refractivity contribution in [1.82, 2.24) is 15.2 Å². The highest BCUT2D eigenvalue weighted by Gasteiger charge is 2.28. The first-order chi connectivity index (χ1) is 13.7. The maximum absolute atomic E-state index is 12.9. The van der Waals surface area contributed by atoms with Gasteiger partial charge in [-0.1, -0.05) is 0 Å². The molecule has 7 nitrogen and oxygen atoms in total. The van der Waals surface area contributed by atoms with Gasteiger partial charge in [0.15, 0.2) is 23.1 Å². The number of hydrogen-bond donors (Lipinski definition) is 0. The second kappa shape index (κ2) is 7.80. The van der Waals surface area contributed by atoms with Crippen molar-refractivity contribution in [2.45, 2.75) is 12.8 Å². The van der Waals surface area contributed by atoms with Crippen LogP contribution in [0.4, 0.5) is 5.82 Å². The van der Waals surface area contributed by atoms with Crippen molar-refractivity contribution in [2.24, 2.45) is 5.92 Å². The first-order valence-electron chi connectivity index (χ1n) is 9.28. The monoisotopic (exact) mass is 378 g/mol. The SMILES string of the molecule is COc1cc2cnnc(N3CCCC(C(=O)c4cccnc4)C3)c2cc1OC. The molecule has 4 rings (SSSR count). The number of Topliss-reactive ketones (excluding diaryl/α,β-unsaturated/α-hetero) is 1. The molecule has 1 aromatic carbocycles. The van der Waals surface area contributed by atoms with E-state index in [2.05, 4.69) is 20.1 Å². The predicted octanol–water partition coefficient (Wildman–Crippen LogP) is 3.14. The van der Waals surface area contributed by atoms with Gasteiger partial charge in [0, 0.05) is 47.7 Å². The zero-order chi connectivity index (χ0) is 19.5. The number of fused-ring (bicyclic) bond motifs is 1. The number of ketones is 1. The normalized spacial score (nSPS) is 16.8. The molecule has 0 N–H and O–H groups in total. The molecule has 0 radical (unpaired) electrons. The summed E-state index contributed by atoms with van der Waals surface area (Å²) in [4.78, 5) is 19.1. The highest BCUT2D eigenvalue weighted by molar-refractivity contribution is 5.98. The van der Waals surface area contributed by atoms with Crippen molar-refractivity contribution < 1.29 is 14.3 Å². The van der Waals surface area contributed by atoms with Gasteiger partial charge in [-0.05, 0) is 37.1 Å². The first kappa shape index (κ1) is 18.2. The van der Waals surface area contributed by atoms with Crippen molar-refractivity contribution in [2.75, 3.05) is 32.2 Å². The second-order valence-electron chi connectivity index (χ2n) is 6.85. The number of carbonyl (C=O) groups is 1. The van der Waals surface area contributed by atoms with E-state index in [4.69, 9.17) is 9.47 Å². The zero-order valence-corrected chi connectivity index (χ0v) is 16.0. The molecule has 1 atom stereocenters. The Balaban J connectivity index is 1.67. The van der Waals surface area contributed by atoms with Gasteiger partial charge in [-0.25, -0.2) is 0 Å². The molecule has 1 aliphatic rings. The summed E-state index contributed by atoms with van der Waals surface area (Å²) in [6.07, 6.45) is 6.80. The molecule has 2 aromatic heterocycles. The Morgan fingerprint density at radius 2 is 2.00 bits per heavy atom. The van der Waals surface area contributed by atoms with Crippen molar-refractivity contribution in [3.63, 3.8) is 0 Å². The van der Waals surface area contributed by atoms with Gasteiger partial charge >= 0.3 is 0 Å².